The number of hydrogen-bond donors (Lipinski definition) is 0. The van der Waals surface area contributed by atoms with E-state index in [-0.39, 0.29) is 5.56 Å². The van der Waals surface area contributed by atoms with Crippen LogP contribution in [0, 0.1) is 11.6 Å². The molecule has 81 heavy (non-hydrogen) atoms. The van der Waals surface area contributed by atoms with Crippen molar-refractivity contribution in [2.75, 3.05) is 0 Å². The van der Waals surface area contributed by atoms with E-state index in [1.807, 2.05) is 212 Å². The molecule has 0 N–H and O–H groups in total. The van der Waals surface area contributed by atoms with Crippen molar-refractivity contribution in [1.29, 1.82) is 0 Å². The molecule has 0 aliphatic carbocycles. The molecule has 0 atom stereocenters. The molecule has 0 bridgehead atoms. The number of nitrogens with zero attached hydrogens (tertiary/aromatic N) is 10. The predicted molar refractivity (Wildman–Crippen MR) is 315 cm³/mol. The van der Waals surface area contributed by atoms with Gasteiger partial charge in [0, 0.05) is 78.0 Å². The highest BCUT2D eigenvalue weighted by Crippen LogP contribution is 2.42. The van der Waals surface area contributed by atoms with Crippen molar-refractivity contribution in [2.24, 2.45) is 0 Å². The van der Waals surface area contributed by atoms with Crippen LogP contribution in [0.1, 0.15) is 0 Å². The third kappa shape index (κ3) is 9.42. The van der Waals surface area contributed by atoms with Gasteiger partial charge in [0.05, 0.1) is 16.7 Å². The van der Waals surface area contributed by atoms with E-state index in [0.717, 1.165) is 61.3 Å². The third-order valence-electron chi connectivity index (χ3n) is 14.1. The van der Waals surface area contributed by atoms with Crippen LogP contribution in [0.25, 0.3) is 141 Å². The molecule has 0 saturated carbocycles. The van der Waals surface area contributed by atoms with Crippen LogP contribution in [0.15, 0.2) is 255 Å². The van der Waals surface area contributed by atoms with Crippen LogP contribution < -0.4 is 0 Å². The molecule has 0 spiro atoms. The molecule has 10 nitrogen and oxygen atoms in total. The zero-order valence-corrected chi connectivity index (χ0v) is 43.0. The highest BCUT2D eigenvalue weighted by Gasteiger charge is 2.24. The van der Waals surface area contributed by atoms with Gasteiger partial charge >= 0.3 is 0 Å². The summed E-state index contributed by atoms with van der Waals surface area (Å²) in [5.41, 5.74) is 9.62. The van der Waals surface area contributed by atoms with E-state index < -0.39 is 11.6 Å². The first-order valence-corrected chi connectivity index (χ1v) is 26.2. The molecular formula is C69H42F2N10. The molecule has 0 fully saturated rings. The lowest BCUT2D eigenvalue weighted by Gasteiger charge is -2.17. The molecule has 0 unspecified atom stereocenters. The quantitative estimate of drug-likeness (QED) is 0.125. The summed E-state index contributed by atoms with van der Waals surface area (Å²) in [6.07, 6.45) is 0. The Labute approximate surface area is 463 Å². The summed E-state index contributed by atoms with van der Waals surface area (Å²) in [7, 11) is 0. The molecule has 0 saturated heterocycles. The molecule has 12 heteroatoms. The molecule has 0 amide bonds. The van der Waals surface area contributed by atoms with E-state index in [9.17, 15) is 4.39 Å². The maximum absolute atomic E-state index is 16.6. The first-order valence-electron chi connectivity index (χ1n) is 26.2. The lowest BCUT2D eigenvalue weighted by molar-refractivity contribution is 0.585. The van der Waals surface area contributed by atoms with Crippen LogP contribution >= 0.6 is 0 Å². The Morgan fingerprint density at radius 1 is 0.235 bits per heavy atom. The average molecular weight is 1050 g/mol. The van der Waals surface area contributed by atoms with Gasteiger partial charge in [-0.1, -0.05) is 218 Å². The Balaban J connectivity index is 1.06. The molecule has 4 aromatic heterocycles. The van der Waals surface area contributed by atoms with Gasteiger partial charge in [0.2, 0.25) is 0 Å². The second kappa shape index (κ2) is 20.7. The van der Waals surface area contributed by atoms with Gasteiger partial charge in [0.25, 0.3) is 0 Å². The van der Waals surface area contributed by atoms with Crippen molar-refractivity contribution >= 4 is 21.8 Å². The minimum absolute atomic E-state index is 0.181. The zero-order valence-electron chi connectivity index (χ0n) is 43.0. The standard InChI is InChI=1S/C69H42F2N10/c70-52-34-38-53(57(71)42-52)54-35-31-49(67-75-61(43-19-7-1-8-20-43)72-62(76-67)44-21-9-2-10-22-44)39-58(54)81-59-40-50(68-77-63(45-23-11-3-12-24-45)73-64(78-68)46-25-13-4-14-26-46)32-36-55(59)56-37-33-51(41-60(56)81)69-79-65(47-27-15-5-16-28-47)74-66(80-69)48-29-17-6-18-30-48/h1-42H. The second-order valence-electron chi connectivity index (χ2n) is 19.3. The molecule has 0 aliphatic heterocycles. The van der Waals surface area contributed by atoms with Gasteiger partial charge in [0.15, 0.2) is 52.4 Å². The Morgan fingerprint density at radius 2 is 0.506 bits per heavy atom. The smallest absolute Gasteiger partial charge is 0.164 e. The van der Waals surface area contributed by atoms with Crippen molar-refractivity contribution in [3.05, 3.63) is 266 Å². The topological polar surface area (TPSA) is 121 Å². The van der Waals surface area contributed by atoms with Crippen LogP contribution in [-0.2, 0) is 0 Å². The predicted octanol–water partition coefficient (Wildman–Crippen LogP) is 16.3. The number of aromatic nitrogens is 10. The summed E-state index contributed by atoms with van der Waals surface area (Å²) in [5, 5.41) is 1.75. The second-order valence-corrected chi connectivity index (χ2v) is 19.3. The van der Waals surface area contributed by atoms with Crippen LogP contribution in [0.5, 0.6) is 0 Å². The number of fused-ring (bicyclic) bond motifs is 3. The molecule has 14 aromatic rings. The Morgan fingerprint density at radius 3 is 0.815 bits per heavy atom. The summed E-state index contributed by atoms with van der Waals surface area (Å²) in [4.78, 5) is 45.7. The summed E-state index contributed by atoms with van der Waals surface area (Å²) < 4.78 is 33.7. The van der Waals surface area contributed by atoms with Crippen LogP contribution in [-0.4, -0.2) is 49.4 Å². The molecule has 14 rings (SSSR count). The van der Waals surface area contributed by atoms with Crippen molar-refractivity contribution in [3.8, 4) is 119 Å². The summed E-state index contributed by atoms with van der Waals surface area (Å²) in [5.74, 6) is 2.84. The van der Waals surface area contributed by atoms with Crippen LogP contribution in [0.4, 0.5) is 8.78 Å². The fourth-order valence-electron chi connectivity index (χ4n) is 10.2. The first kappa shape index (κ1) is 48.3. The molecule has 0 aliphatic rings. The summed E-state index contributed by atoms with van der Waals surface area (Å²) in [6, 6.07) is 80.4. The zero-order chi connectivity index (χ0) is 54.2. The van der Waals surface area contributed by atoms with Gasteiger partial charge in [-0.3, -0.25) is 0 Å². The van der Waals surface area contributed by atoms with E-state index in [1.54, 1.807) is 0 Å². The maximum Gasteiger partial charge on any atom is 0.164 e. The van der Waals surface area contributed by atoms with Crippen molar-refractivity contribution < 1.29 is 8.78 Å². The first-order chi connectivity index (χ1) is 39.9. The molecule has 4 heterocycles. The number of hydrogen-bond acceptors (Lipinski definition) is 9. The van der Waals surface area contributed by atoms with Crippen molar-refractivity contribution in [3.63, 3.8) is 0 Å². The highest BCUT2D eigenvalue weighted by atomic mass is 19.1. The molecule has 382 valence electrons. The summed E-state index contributed by atoms with van der Waals surface area (Å²) >= 11 is 0. The van der Waals surface area contributed by atoms with Crippen molar-refractivity contribution in [1.82, 2.24) is 49.4 Å². The van der Waals surface area contributed by atoms with E-state index >= 15 is 4.39 Å². The van der Waals surface area contributed by atoms with Crippen molar-refractivity contribution in [2.45, 2.75) is 0 Å². The fraction of sp³-hybridized carbons (Fsp3) is 0. The highest BCUT2D eigenvalue weighted by molar-refractivity contribution is 6.11. The van der Waals surface area contributed by atoms with Gasteiger partial charge in [-0.05, 0) is 30.3 Å². The third-order valence-corrected chi connectivity index (χ3v) is 14.1. The Hall–Kier alpha value is -11.1. The molecular weight excluding hydrogens is 1010 g/mol. The van der Waals surface area contributed by atoms with E-state index in [1.165, 1.54) is 12.1 Å². The summed E-state index contributed by atoms with van der Waals surface area (Å²) in [6.45, 7) is 0. The van der Waals surface area contributed by atoms with Gasteiger partial charge in [-0.15, -0.1) is 0 Å². The number of benzene rings is 10. The van der Waals surface area contributed by atoms with Crippen LogP contribution in [0.2, 0.25) is 0 Å². The van der Waals surface area contributed by atoms with E-state index in [2.05, 4.69) is 28.8 Å². The number of rotatable bonds is 11. The molecule has 0 radical (unpaired) electrons. The van der Waals surface area contributed by atoms with Gasteiger partial charge in [-0.2, -0.15) is 0 Å². The van der Waals surface area contributed by atoms with E-state index in [0.29, 0.717) is 80.4 Å². The Bertz CT molecular complexity index is 4290. The minimum Gasteiger partial charge on any atom is -0.309 e. The number of halogens is 2. The lowest BCUT2D eigenvalue weighted by Crippen LogP contribution is -2.03. The fourth-order valence-corrected chi connectivity index (χ4v) is 10.2. The molecule has 10 aromatic carbocycles. The van der Waals surface area contributed by atoms with Crippen LogP contribution in [0.3, 0.4) is 0 Å². The average Bonchev–Trinajstić information content (AvgIpc) is 4.08. The van der Waals surface area contributed by atoms with Gasteiger partial charge in [0.1, 0.15) is 11.6 Å². The van der Waals surface area contributed by atoms with E-state index in [4.69, 9.17) is 44.9 Å². The van der Waals surface area contributed by atoms with Gasteiger partial charge < -0.3 is 4.57 Å². The monoisotopic (exact) mass is 1050 g/mol. The largest absolute Gasteiger partial charge is 0.309 e. The normalized spacial score (nSPS) is 11.3. The van der Waals surface area contributed by atoms with Gasteiger partial charge in [-0.25, -0.2) is 53.6 Å². The lowest BCUT2D eigenvalue weighted by atomic mass is 9.99. The minimum atomic E-state index is -0.733. The SMILES string of the molecule is Fc1ccc(-c2ccc(-c3nc(-c4ccccc4)nc(-c4ccccc4)n3)cc2-n2c3cc(-c4nc(-c5ccccc5)nc(-c5ccccc5)n4)ccc3c3ccc(-c4nc(-c5ccccc5)nc(-c5ccccc5)n4)cc32)c(F)c1. The maximum atomic E-state index is 16.6. The Kier molecular flexibility index (Phi) is 12.3.